The van der Waals surface area contributed by atoms with Gasteiger partial charge in [-0.15, -0.1) is 0 Å². The summed E-state index contributed by atoms with van der Waals surface area (Å²) in [6.07, 6.45) is 1.66. The average Bonchev–Trinajstić information content (AvgIpc) is 3.40. The highest BCUT2D eigenvalue weighted by Crippen LogP contribution is 2.59. The van der Waals surface area contributed by atoms with Gasteiger partial charge in [0.05, 0.1) is 23.1 Å². The highest BCUT2D eigenvalue weighted by molar-refractivity contribution is 6.23. The quantitative estimate of drug-likeness (QED) is 0.300. The molecule has 5 rings (SSSR count). The molecule has 2 fully saturated rings. The Morgan fingerprint density at radius 2 is 1.68 bits per heavy atom. The number of hydrogen-bond acceptors (Lipinski definition) is 9. The Morgan fingerprint density at radius 3 is 2.35 bits per heavy atom. The van der Waals surface area contributed by atoms with Crippen LogP contribution in [0, 0.1) is 11.8 Å². The van der Waals surface area contributed by atoms with Gasteiger partial charge >= 0.3 is 11.9 Å². The predicted molar refractivity (Wildman–Crippen MR) is 101 cm³/mol. The molecule has 0 radical (unpaired) electrons. The second-order valence-corrected chi connectivity index (χ2v) is 8.03. The van der Waals surface area contributed by atoms with Gasteiger partial charge in [0.1, 0.15) is 0 Å². The monoisotopic (exact) mass is 429 g/mol. The van der Waals surface area contributed by atoms with Gasteiger partial charge in [0.15, 0.2) is 17.1 Å². The maximum absolute atomic E-state index is 13.5. The Kier molecular flexibility index (Phi) is 3.97. The molecule has 162 valence electrons. The Morgan fingerprint density at radius 1 is 1.03 bits per heavy atom. The van der Waals surface area contributed by atoms with Crippen LogP contribution < -0.4 is 14.4 Å². The molecule has 2 saturated heterocycles. The first-order valence-corrected chi connectivity index (χ1v) is 9.69. The van der Waals surface area contributed by atoms with E-state index in [4.69, 9.17) is 23.7 Å². The average molecular weight is 429 g/mol. The van der Waals surface area contributed by atoms with Gasteiger partial charge in [0, 0.05) is 19.9 Å². The molecule has 0 aliphatic carbocycles. The molecule has 2 bridgehead atoms. The van der Waals surface area contributed by atoms with Gasteiger partial charge in [-0.2, -0.15) is 0 Å². The number of benzene rings is 1. The SMILES string of the molecule is CC(=O)OC(OC(C)=O)[C@@]12C=C[C@@](C)(O1)[C@H]1C(=O)N(c3ccc4c(c3)OCO4)C(=O)[C@@H]12. The van der Waals surface area contributed by atoms with E-state index >= 15 is 0 Å². The lowest BCUT2D eigenvalue weighted by Gasteiger charge is -2.34. The summed E-state index contributed by atoms with van der Waals surface area (Å²) in [4.78, 5) is 51.4. The second-order valence-electron chi connectivity index (χ2n) is 8.03. The molecule has 31 heavy (non-hydrogen) atoms. The number of imide groups is 1. The highest BCUT2D eigenvalue weighted by Gasteiger charge is 2.76. The second kappa shape index (κ2) is 6.30. The number of carbonyl (C=O) groups is 4. The van der Waals surface area contributed by atoms with Crippen LogP contribution in [0.25, 0.3) is 0 Å². The Balaban J connectivity index is 1.57. The van der Waals surface area contributed by atoms with Gasteiger partial charge < -0.3 is 23.7 Å². The van der Waals surface area contributed by atoms with Crippen molar-refractivity contribution in [1.29, 1.82) is 0 Å². The molecule has 1 aromatic carbocycles. The molecule has 2 amide bonds. The molecule has 4 heterocycles. The van der Waals surface area contributed by atoms with Crippen LogP contribution in [0.3, 0.4) is 0 Å². The van der Waals surface area contributed by atoms with E-state index in [0.717, 1.165) is 18.7 Å². The van der Waals surface area contributed by atoms with E-state index in [9.17, 15) is 19.2 Å². The molecular weight excluding hydrogens is 410 g/mol. The van der Waals surface area contributed by atoms with E-state index in [1.54, 1.807) is 37.3 Å². The van der Waals surface area contributed by atoms with E-state index in [2.05, 4.69) is 0 Å². The maximum atomic E-state index is 13.5. The van der Waals surface area contributed by atoms with Crippen LogP contribution in [0.1, 0.15) is 20.8 Å². The van der Waals surface area contributed by atoms with E-state index < -0.39 is 53.1 Å². The van der Waals surface area contributed by atoms with Crippen LogP contribution in [0.4, 0.5) is 5.69 Å². The number of amides is 2. The highest BCUT2D eigenvalue weighted by atomic mass is 16.7. The van der Waals surface area contributed by atoms with Crippen LogP contribution in [0.15, 0.2) is 30.4 Å². The van der Waals surface area contributed by atoms with Gasteiger partial charge in [-0.05, 0) is 25.1 Å². The largest absolute Gasteiger partial charge is 0.454 e. The summed E-state index contributed by atoms with van der Waals surface area (Å²) in [5, 5.41) is 0. The normalized spacial score (nSPS) is 32.1. The maximum Gasteiger partial charge on any atom is 0.305 e. The number of esters is 2. The third-order valence-electron chi connectivity index (χ3n) is 6.01. The number of carbonyl (C=O) groups excluding carboxylic acids is 4. The Hall–Kier alpha value is -3.40. The van der Waals surface area contributed by atoms with Gasteiger partial charge in [-0.3, -0.25) is 19.2 Å². The predicted octanol–water partition coefficient (Wildman–Crippen LogP) is 1.07. The van der Waals surface area contributed by atoms with Gasteiger partial charge in [0.25, 0.3) is 6.29 Å². The molecule has 0 N–H and O–H groups in total. The summed E-state index contributed by atoms with van der Waals surface area (Å²) in [7, 11) is 0. The Bertz CT molecular complexity index is 1050. The molecule has 0 unspecified atom stereocenters. The van der Waals surface area contributed by atoms with Crippen molar-refractivity contribution in [3.8, 4) is 11.5 Å². The van der Waals surface area contributed by atoms with Crippen molar-refractivity contribution < 1.29 is 42.9 Å². The van der Waals surface area contributed by atoms with Gasteiger partial charge in [-0.1, -0.05) is 6.08 Å². The van der Waals surface area contributed by atoms with Gasteiger partial charge in [-0.25, -0.2) is 4.90 Å². The molecule has 0 spiro atoms. The minimum Gasteiger partial charge on any atom is -0.454 e. The van der Waals surface area contributed by atoms with Crippen LogP contribution in [-0.4, -0.2) is 48.0 Å². The summed E-state index contributed by atoms with van der Waals surface area (Å²) in [5.41, 5.74) is -2.43. The Labute approximate surface area is 176 Å². The van der Waals surface area contributed by atoms with Crippen LogP contribution in [0.5, 0.6) is 11.5 Å². The van der Waals surface area contributed by atoms with Crippen molar-refractivity contribution in [3.05, 3.63) is 30.4 Å². The summed E-state index contributed by atoms with van der Waals surface area (Å²) < 4.78 is 27.2. The van der Waals surface area contributed by atoms with Gasteiger partial charge in [0.2, 0.25) is 18.6 Å². The third kappa shape index (κ3) is 2.61. The lowest BCUT2D eigenvalue weighted by molar-refractivity contribution is -0.231. The van der Waals surface area contributed by atoms with Crippen molar-refractivity contribution in [2.45, 2.75) is 38.3 Å². The minimum atomic E-state index is -1.62. The number of nitrogens with zero attached hydrogens (tertiary/aromatic N) is 1. The third-order valence-corrected chi connectivity index (χ3v) is 6.01. The number of anilines is 1. The smallest absolute Gasteiger partial charge is 0.305 e. The van der Waals surface area contributed by atoms with Crippen molar-refractivity contribution in [1.82, 2.24) is 0 Å². The van der Waals surface area contributed by atoms with E-state index in [0.29, 0.717) is 17.2 Å². The molecular formula is C21H19NO9. The topological polar surface area (TPSA) is 118 Å². The van der Waals surface area contributed by atoms with Crippen molar-refractivity contribution in [2.75, 3.05) is 11.7 Å². The minimum absolute atomic E-state index is 0.0529. The molecule has 10 nitrogen and oxygen atoms in total. The standard InChI is InChI=1S/C21H19NO9/c1-10(23)29-19(30-11(2)24)21-7-6-20(3,31-21)15-16(21)18(26)22(17(15)25)12-4-5-13-14(8-12)28-9-27-13/h4-8,15-16,19H,9H2,1-3H3/t15-,16-,20-,21+/m1/s1. The first-order chi connectivity index (χ1) is 14.7. The van der Waals surface area contributed by atoms with Crippen molar-refractivity contribution >= 4 is 29.4 Å². The van der Waals surface area contributed by atoms with Crippen LogP contribution >= 0.6 is 0 Å². The molecule has 0 saturated carbocycles. The molecule has 1 aromatic rings. The zero-order chi connectivity index (χ0) is 22.1. The summed E-state index contributed by atoms with van der Waals surface area (Å²) >= 11 is 0. The summed E-state index contributed by atoms with van der Waals surface area (Å²) in [6, 6.07) is 4.76. The summed E-state index contributed by atoms with van der Waals surface area (Å²) in [5.74, 6) is -3.46. The van der Waals surface area contributed by atoms with E-state index in [1.165, 1.54) is 0 Å². The first kappa shape index (κ1) is 19.6. The number of hydrogen-bond donors (Lipinski definition) is 0. The lowest BCUT2D eigenvalue weighted by atomic mass is 9.72. The van der Waals surface area contributed by atoms with Crippen molar-refractivity contribution in [3.63, 3.8) is 0 Å². The number of ether oxygens (including phenoxy) is 5. The van der Waals surface area contributed by atoms with E-state index in [1.807, 2.05) is 0 Å². The lowest BCUT2D eigenvalue weighted by Crippen LogP contribution is -2.52. The molecule has 10 heteroatoms. The number of rotatable bonds is 4. The first-order valence-electron chi connectivity index (χ1n) is 9.69. The zero-order valence-corrected chi connectivity index (χ0v) is 16.9. The molecule has 4 aliphatic heterocycles. The molecule has 0 aromatic heterocycles. The van der Waals surface area contributed by atoms with Crippen molar-refractivity contribution in [2.24, 2.45) is 11.8 Å². The fraction of sp³-hybridized carbons (Fsp3) is 0.429. The number of fused-ring (bicyclic) bond motifs is 6. The van der Waals surface area contributed by atoms with E-state index in [-0.39, 0.29) is 6.79 Å². The van der Waals surface area contributed by atoms with Crippen LogP contribution in [0.2, 0.25) is 0 Å². The fourth-order valence-electron chi connectivity index (χ4n) is 4.84. The molecule has 4 atom stereocenters. The van der Waals surface area contributed by atoms with Crippen LogP contribution in [-0.2, 0) is 33.4 Å². The molecule has 4 aliphatic rings. The fourth-order valence-corrected chi connectivity index (χ4v) is 4.84. The summed E-state index contributed by atoms with van der Waals surface area (Å²) in [6.45, 7) is 4.02. The zero-order valence-electron chi connectivity index (χ0n) is 16.9.